The Labute approximate surface area is 123 Å². The van der Waals surface area contributed by atoms with Gasteiger partial charge >= 0.3 is 5.97 Å². The number of fused-ring (bicyclic) bond motifs is 1. The molecule has 0 radical (unpaired) electrons. The average Bonchev–Trinajstić information content (AvgIpc) is 2.53. The fourth-order valence-corrected chi connectivity index (χ4v) is 2.59. The Morgan fingerprint density at radius 2 is 1.67 bits per heavy atom. The second-order valence-corrected chi connectivity index (χ2v) is 4.91. The van der Waals surface area contributed by atoms with E-state index in [1.807, 2.05) is 36.4 Å². The number of hydrogen-bond acceptors (Lipinski definition) is 4. The summed E-state index contributed by atoms with van der Waals surface area (Å²) in [5.41, 5.74) is 2.07. The average molecular weight is 284 g/mol. The Balaban J connectivity index is 2.01. The number of rotatable bonds is 3. The molecule has 1 heterocycles. The molecule has 1 aliphatic rings. The molecule has 2 aromatic rings. The topological polar surface area (TPSA) is 44.8 Å². The molecule has 1 atom stereocenters. The van der Waals surface area contributed by atoms with Gasteiger partial charge in [-0.15, -0.1) is 0 Å². The van der Waals surface area contributed by atoms with Gasteiger partial charge in [0, 0.05) is 17.5 Å². The predicted octanol–water partition coefficient (Wildman–Crippen LogP) is 3.14. The van der Waals surface area contributed by atoms with Crippen molar-refractivity contribution in [2.45, 2.75) is 12.3 Å². The van der Waals surface area contributed by atoms with Crippen molar-refractivity contribution in [3.63, 3.8) is 0 Å². The summed E-state index contributed by atoms with van der Waals surface area (Å²) in [4.78, 5) is 11.8. The molecule has 0 N–H and O–H groups in total. The molecule has 2 aromatic carbocycles. The van der Waals surface area contributed by atoms with Gasteiger partial charge in [-0.2, -0.15) is 0 Å². The first-order valence-corrected chi connectivity index (χ1v) is 6.74. The zero-order chi connectivity index (χ0) is 14.8. The number of methoxy groups -OCH3 is 2. The molecule has 4 heteroatoms. The van der Waals surface area contributed by atoms with Gasteiger partial charge in [-0.1, -0.05) is 18.2 Å². The van der Waals surface area contributed by atoms with Crippen LogP contribution in [0, 0.1) is 0 Å². The van der Waals surface area contributed by atoms with Crippen LogP contribution >= 0.6 is 0 Å². The molecular weight excluding hydrogens is 268 g/mol. The maximum Gasteiger partial charge on any atom is 0.312 e. The highest BCUT2D eigenvalue weighted by atomic mass is 16.5. The normalized spacial score (nSPS) is 16.9. The largest absolute Gasteiger partial charge is 0.497 e. The van der Waals surface area contributed by atoms with Gasteiger partial charge in [0.2, 0.25) is 0 Å². The van der Waals surface area contributed by atoms with Gasteiger partial charge < -0.3 is 14.2 Å². The third kappa shape index (κ3) is 2.57. The summed E-state index contributed by atoms with van der Waals surface area (Å²) in [5.74, 6) is 1.82. The van der Waals surface area contributed by atoms with Gasteiger partial charge in [-0.05, 0) is 23.8 Å². The van der Waals surface area contributed by atoms with Crippen LogP contribution in [-0.4, -0.2) is 20.2 Å². The summed E-state index contributed by atoms with van der Waals surface area (Å²) in [7, 11) is 3.22. The van der Waals surface area contributed by atoms with E-state index >= 15 is 0 Å². The minimum Gasteiger partial charge on any atom is -0.497 e. The third-order valence-electron chi connectivity index (χ3n) is 3.71. The van der Waals surface area contributed by atoms with Crippen LogP contribution in [0.25, 0.3) is 0 Å². The monoisotopic (exact) mass is 284 g/mol. The molecule has 0 fully saturated rings. The van der Waals surface area contributed by atoms with Crippen molar-refractivity contribution >= 4 is 5.97 Å². The Morgan fingerprint density at radius 1 is 1.00 bits per heavy atom. The van der Waals surface area contributed by atoms with E-state index in [2.05, 4.69) is 0 Å². The van der Waals surface area contributed by atoms with E-state index in [0.717, 1.165) is 16.9 Å². The summed E-state index contributed by atoms with van der Waals surface area (Å²) in [6.07, 6.45) is 0.339. The summed E-state index contributed by atoms with van der Waals surface area (Å²) in [6.45, 7) is 0. The highest BCUT2D eigenvalue weighted by Gasteiger charge is 2.28. The summed E-state index contributed by atoms with van der Waals surface area (Å²) < 4.78 is 15.7. The van der Waals surface area contributed by atoms with Crippen LogP contribution in [0.1, 0.15) is 23.5 Å². The fraction of sp³-hybridized carbons (Fsp3) is 0.235. The number of esters is 1. The lowest BCUT2D eigenvalue weighted by Gasteiger charge is -2.25. The molecule has 0 unspecified atom stereocenters. The number of benzene rings is 2. The molecule has 0 saturated carbocycles. The number of carbonyl (C=O) groups is 1. The van der Waals surface area contributed by atoms with Gasteiger partial charge in [-0.3, -0.25) is 4.79 Å². The Hall–Kier alpha value is -2.49. The first-order valence-electron chi connectivity index (χ1n) is 6.74. The molecule has 0 spiro atoms. The lowest BCUT2D eigenvalue weighted by molar-refractivity contribution is -0.135. The van der Waals surface area contributed by atoms with Gasteiger partial charge in [0.1, 0.15) is 17.2 Å². The molecule has 108 valence electrons. The molecular formula is C17H16O4. The van der Waals surface area contributed by atoms with Gasteiger partial charge in [0.25, 0.3) is 0 Å². The quantitative estimate of drug-likeness (QED) is 0.641. The second-order valence-electron chi connectivity index (χ2n) is 4.91. The van der Waals surface area contributed by atoms with Crippen LogP contribution in [0.5, 0.6) is 17.2 Å². The maximum absolute atomic E-state index is 11.8. The number of hydrogen-bond donors (Lipinski definition) is 0. The van der Waals surface area contributed by atoms with E-state index < -0.39 is 0 Å². The standard InChI is InChI=1S/C17H16O4/c1-19-12-5-3-11(4-6-12)15-10-17(18)21-16-9-13(20-2)7-8-14(15)16/h3-9,15H,10H2,1-2H3/t15-/m1/s1. The highest BCUT2D eigenvalue weighted by Crippen LogP contribution is 2.40. The van der Waals surface area contributed by atoms with E-state index in [0.29, 0.717) is 17.9 Å². The van der Waals surface area contributed by atoms with E-state index in [-0.39, 0.29) is 11.9 Å². The van der Waals surface area contributed by atoms with Crippen molar-refractivity contribution in [3.8, 4) is 17.2 Å². The Morgan fingerprint density at radius 3 is 2.33 bits per heavy atom. The van der Waals surface area contributed by atoms with Gasteiger partial charge in [0.15, 0.2) is 0 Å². The Kier molecular flexibility index (Phi) is 3.52. The zero-order valence-electron chi connectivity index (χ0n) is 12.0. The van der Waals surface area contributed by atoms with Crippen molar-refractivity contribution in [2.24, 2.45) is 0 Å². The maximum atomic E-state index is 11.8. The number of carbonyl (C=O) groups excluding carboxylic acids is 1. The first-order chi connectivity index (χ1) is 10.2. The lowest BCUT2D eigenvalue weighted by Crippen LogP contribution is -2.21. The third-order valence-corrected chi connectivity index (χ3v) is 3.71. The summed E-state index contributed by atoms with van der Waals surface area (Å²) in [5, 5.41) is 0. The van der Waals surface area contributed by atoms with Crippen LogP contribution < -0.4 is 14.2 Å². The lowest BCUT2D eigenvalue weighted by atomic mass is 9.86. The fourth-order valence-electron chi connectivity index (χ4n) is 2.59. The van der Waals surface area contributed by atoms with E-state index in [4.69, 9.17) is 14.2 Å². The predicted molar refractivity (Wildman–Crippen MR) is 78.1 cm³/mol. The zero-order valence-corrected chi connectivity index (χ0v) is 12.0. The van der Waals surface area contributed by atoms with Crippen LogP contribution in [-0.2, 0) is 4.79 Å². The minimum absolute atomic E-state index is 0.00179. The van der Waals surface area contributed by atoms with Crippen molar-refractivity contribution < 1.29 is 19.0 Å². The van der Waals surface area contributed by atoms with Crippen LogP contribution in [0.3, 0.4) is 0 Å². The van der Waals surface area contributed by atoms with Crippen molar-refractivity contribution in [3.05, 3.63) is 53.6 Å². The number of ether oxygens (including phenoxy) is 3. The molecule has 0 aromatic heterocycles. The van der Waals surface area contributed by atoms with Crippen molar-refractivity contribution in [2.75, 3.05) is 14.2 Å². The molecule has 0 saturated heterocycles. The molecule has 0 aliphatic carbocycles. The molecule has 21 heavy (non-hydrogen) atoms. The van der Waals surface area contributed by atoms with E-state index in [1.165, 1.54) is 0 Å². The Bertz CT molecular complexity index is 661. The molecule has 4 nitrogen and oxygen atoms in total. The van der Waals surface area contributed by atoms with Crippen LogP contribution in [0.15, 0.2) is 42.5 Å². The smallest absolute Gasteiger partial charge is 0.312 e. The van der Waals surface area contributed by atoms with Crippen molar-refractivity contribution in [1.29, 1.82) is 0 Å². The molecule has 0 bridgehead atoms. The van der Waals surface area contributed by atoms with E-state index in [9.17, 15) is 4.79 Å². The van der Waals surface area contributed by atoms with Crippen molar-refractivity contribution in [1.82, 2.24) is 0 Å². The molecule has 3 rings (SSSR count). The van der Waals surface area contributed by atoms with Gasteiger partial charge in [-0.25, -0.2) is 0 Å². The summed E-state index contributed by atoms with van der Waals surface area (Å²) >= 11 is 0. The second kappa shape index (κ2) is 5.48. The first kappa shape index (κ1) is 13.5. The van der Waals surface area contributed by atoms with Gasteiger partial charge in [0.05, 0.1) is 20.6 Å². The van der Waals surface area contributed by atoms with Crippen LogP contribution in [0.4, 0.5) is 0 Å². The highest BCUT2D eigenvalue weighted by molar-refractivity contribution is 5.78. The minimum atomic E-state index is -0.225. The van der Waals surface area contributed by atoms with E-state index in [1.54, 1.807) is 20.3 Å². The summed E-state index contributed by atoms with van der Waals surface area (Å²) in [6, 6.07) is 13.4. The molecule has 1 aliphatic heterocycles. The van der Waals surface area contributed by atoms with Crippen LogP contribution in [0.2, 0.25) is 0 Å². The SMILES string of the molecule is COc1ccc([C@H]2CC(=O)Oc3cc(OC)ccc32)cc1. The molecule has 0 amide bonds.